The molecule has 2 heterocycles. The van der Waals surface area contributed by atoms with E-state index in [1.807, 2.05) is 4.90 Å². The van der Waals surface area contributed by atoms with Crippen molar-refractivity contribution >= 4 is 23.2 Å². The van der Waals surface area contributed by atoms with Crippen molar-refractivity contribution in [1.82, 2.24) is 14.7 Å². The van der Waals surface area contributed by atoms with Gasteiger partial charge < -0.3 is 10.2 Å². The van der Waals surface area contributed by atoms with E-state index in [-0.39, 0.29) is 28.4 Å². The molecule has 0 radical (unpaired) electrons. The molecule has 1 atom stereocenters. The summed E-state index contributed by atoms with van der Waals surface area (Å²) in [5, 5.41) is 7.38. The number of amides is 1. The molecule has 1 saturated heterocycles. The number of nitrogens with one attached hydrogen (secondary N) is 1. The second-order valence-corrected chi connectivity index (χ2v) is 6.57. The molecule has 22 heavy (non-hydrogen) atoms. The lowest BCUT2D eigenvalue weighted by atomic mass is 10.1. The van der Waals surface area contributed by atoms with Crippen LogP contribution in [-0.4, -0.2) is 39.7 Å². The molecule has 1 unspecified atom stereocenters. The van der Waals surface area contributed by atoms with Gasteiger partial charge in [-0.1, -0.05) is 24.4 Å². The molecule has 3 rings (SSSR count). The van der Waals surface area contributed by atoms with E-state index in [2.05, 4.69) is 10.4 Å². The Labute approximate surface area is 134 Å². The molecule has 0 aromatic carbocycles. The third-order valence-electron chi connectivity index (χ3n) is 4.64. The van der Waals surface area contributed by atoms with Gasteiger partial charge in [0.25, 0.3) is 5.56 Å². The second-order valence-electron chi connectivity index (χ2n) is 6.20. The van der Waals surface area contributed by atoms with Crippen molar-refractivity contribution in [3.8, 4) is 0 Å². The number of aryl methyl sites for hydroxylation is 1. The van der Waals surface area contributed by atoms with E-state index < -0.39 is 0 Å². The van der Waals surface area contributed by atoms with Gasteiger partial charge >= 0.3 is 0 Å². The molecule has 1 aliphatic carbocycles. The molecule has 2 aliphatic rings. The van der Waals surface area contributed by atoms with E-state index in [4.69, 9.17) is 11.6 Å². The number of hydrogen-bond acceptors (Lipinski definition) is 4. The molecule has 1 aromatic rings. The number of carbonyl (C=O) groups is 1. The van der Waals surface area contributed by atoms with Crippen molar-refractivity contribution in [3.05, 3.63) is 21.6 Å². The molecule has 120 valence electrons. The van der Waals surface area contributed by atoms with Gasteiger partial charge in [0.1, 0.15) is 5.02 Å². The van der Waals surface area contributed by atoms with Crippen molar-refractivity contribution in [2.75, 3.05) is 18.4 Å². The molecule has 0 bridgehead atoms. The monoisotopic (exact) mass is 324 g/mol. The van der Waals surface area contributed by atoms with Crippen LogP contribution in [0.4, 0.5) is 5.69 Å². The summed E-state index contributed by atoms with van der Waals surface area (Å²) < 4.78 is 1.21. The summed E-state index contributed by atoms with van der Waals surface area (Å²) in [6.07, 6.45) is 6.81. The minimum absolute atomic E-state index is 0.122. The number of halogens is 1. The summed E-state index contributed by atoms with van der Waals surface area (Å²) in [7, 11) is 1.57. The zero-order chi connectivity index (χ0) is 15.7. The van der Waals surface area contributed by atoms with E-state index in [1.54, 1.807) is 13.2 Å². The molecule has 1 aliphatic heterocycles. The summed E-state index contributed by atoms with van der Waals surface area (Å²) >= 11 is 6.06. The highest BCUT2D eigenvalue weighted by molar-refractivity contribution is 6.32. The van der Waals surface area contributed by atoms with Gasteiger partial charge in [-0.3, -0.25) is 9.59 Å². The fourth-order valence-corrected chi connectivity index (χ4v) is 3.57. The van der Waals surface area contributed by atoms with Gasteiger partial charge in [0.05, 0.1) is 11.9 Å². The van der Waals surface area contributed by atoms with E-state index in [9.17, 15) is 9.59 Å². The molecular weight excluding hydrogens is 304 g/mol. The first-order valence-electron chi connectivity index (χ1n) is 7.83. The Morgan fingerprint density at radius 1 is 1.36 bits per heavy atom. The fraction of sp³-hybridized carbons (Fsp3) is 0.667. The summed E-state index contributed by atoms with van der Waals surface area (Å²) in [5.74, 6) is 0.503. The third kappa shape index (κ3) is 2.97. The standard InChI is InChI=1S/C15H21ClN4O2/c1-19-15(22)13(16)12(8-17-19)18-11-6-7-20(9-11)14(21)10-4-2-3-5-10/h8,10-11,18H,2-7,9H2,1H3. The quantitative estimate of drug-likeness (QED) is 0.917. The molecule has 0 spiro atoms. The number of likely N-dealkylation sites (tertiary alicyclic amines) is 1. The Hall–Kier alpha value is -1.56. The summed E-state index contributed by atoms with van der Waals surface area (Å²) in [5.41, 5.74) is 0.230. The van der Waals surface area contributed by atoms with Crippen LogP contribution >= 0.6 is 11.6 Å². The molecular formula is C15H21ClN4O2. The maximum atomic E-state index is 12.4. The van der Waals surface area contributed by atoms with Crippen molar-refractivity contribution in [1.29, 1.82) is 0 Å². The van der Waals surface area contributed by atoms with Crippen LogP contribution in [0.3, 0.4) is 0 Å². The number of anilines is 1. The Morgan fingerprint density at radius 3 is 2.82 bits per heavy atom. The van der Waals surface area contributed by atoms with Crippen LogP contribution in [0.5, 0.6) is 0 Å². The lowest BCUT2D eigenvalue weighted by molar-refractivity contribution is -0.134. The SMILES string of the molecule is Cn1ncc(NC2CCN(C(=O)C3CCCC3)C2)c(Cl)c1=O. The number of aromatic nitrogens is 2. The average molecular weight is 325 g/mol. The highest BCUT2D eigenvalue weighted by Gasteiger charge is 2.32. The minimum Gasteiger partial charge on any atom is -0.378 e. The summed E-state index contributed by atoms with van der Waals surface area (Å²) in [6.45, 7) is 1.43. The Morgan fingerprint density at radius 2 is 2.09 bits per heavy atom. The zero-order valence-corrected chi connectivity index (χ0v) is 13.5. The first kappa shape index (κ1) is 15.3. The van der Waals surface area contributed by atoms with E-state index in [0.717, 1.165) is 25.8 Å². The van der Waals surface area contributed by atoms with Crippen LogP contribution in [0.15, 0.2) is 11.0 Å². The molecule has 1 aromatic heterocycles. The highest BCUT2D eigenvalue weighted by Crippen LogP contribution is 2.28. The van der Waals surface area contributed by atoms with Crippen molar-refractivity contribution < 1.29 is 4.79 Å². The van der Waals surface area contributed by atoms with E-state index in [1.165, 1.54) is 17.5 Å². The smallest absolute Gasteiger partial charge is 0.287 e. The Bertz CT molecular complexity index is 624. The van der Waals surface area contributed by atoms with Gasteiger partial charge in [0.2, 0.25) is 5.91 Å². The number of carbonyl (C=O) groups excluding carboxylic acids is 1. The topological polar surface area (TPSA) is 67.2 Å². The summed E-state index contributed by atoms with van der Waals surface area (Å²) in [6, 6.07) is 0.122. The van der Waals surface area contributed by atoms with Gasteiger partial charge in [-0.05, 0) is 19.3 Å². The molecule has 7 heteroatoms. The number of hydrogen-bond donors (Lipinski definition) is 1. The number of nitrogens with zero attached hydrogens (tertiary/aromatic N) is 3. The van der Waals surface area contributed by atoms with Crippen LogP contribution in [-0.2, 0) is 11.8 Å². The first-order chi connectivity index (χ1) is 10.6. The zero-order valence-electron chi connectivity index (χ0n) is 12.7. The first-order valence-corrected chi connectivity index (χ1v) is 8.21. The van der Waals surface area contributed by atoms with Crippen molar-refractivity contribution in [3.63, 3.8) is 0 Å². The lowest BCUT2D eigenvalue weighted by Gasteiger charge is -2.21. The van der Waals surface area contributed by atoms with Gasteiger partial charge in [-0.15, -0.1) is 0 Å². The van der Waals surface area contributed by atoms with E-state index in [0.29, 0.717) is 12.2 Å². The van der Waals surface area contributed by atoms with Crippen molar-refractivity contribution in [2.45, 2.75) is 38.1 Å². The minimum atomic E-state index is -0.316. The molecule has 6 nitrogen and oxygen atoms in total. The van der Waals surface area contributed by atoms with Crippen LogP contribution in [0.2, 0.25) is 5.02 Å². The average Bonchev–Trinajstić information content (AvgIpc) is 3.18. The molecule has 1 amide bonds. The van der Waals surface area contributed by atoms with Gasteiger partial charge in [0.15, 0.2) is 0 Å². The predicted molar refractivity (Wildman–Crippen MR) is 85.1 cm³/mol. The molecule has 1 N–H and O–H groups in total. The van der Waals surface area contributed by atoms with Gasteiger partial charge in [-0.2, -0.15) is 5.10 Å². The summed E-state index contributed by atoms with van der Waals surface area (Å²) in [4.78, 5) is 26.1. The lowest BCUT2D eigenvalue weighted by Crippen LogP contribution is -2.35. The maximum absolute atomic E-state index is 12.4. The predicted octanol–water partition coefficient (Wildman–Crippen LogP) is 1.64. The molecule has 1 saturated carbocycles. The Kier molecular flexibility index (Phi) is 4.38. The Balaban J connectivity index is 1.62. The number of rotatable bonds is 3. The van der Waals surface area contributed by atoms with Crippen LogP contribution in [0, 0.1) is 5.92 Å². The van der Waals surface area contributed by atoms with Crippen LogP contribution in [0.1, 0.15) is 32.1 Å². The van der Waals surface area contributed by atoms with Crippen LogP contribution < -0.4 is 10.9 Å². The normalized spacial score (nSPS) is 22.3. The van der Waals surface area contributed by atoms with Crippen LogP contribution in [0.25, 0.3) is 0 Å². The molecule has 2 fully saturated rings. The second kappa shape index (κ2) is 6.28. The third-order valence-corrected chi connectivity index (χ3v) is 5.01. The van der Waals surface area contributed by atoms with Crippen molar-refractivity contribution in [2.24, 2.45) is 13.0 Å². The highest BCUT2D eigenvalue weighted by atomic mass is 35.5. The van der Waals surface area contributed by atoms with Gasteiger partial charge in [0, 0.05) is 32.1 Å². The fourth-order valence-electron chi connectivity index (χ4n) is 3.34. The van der Waals surface area contributed by atoms with E-state index >= 15 is 0 Å². The maximum Gasteiger partial charge on any atom is 0.287 e. The largest absolute Gasteiger partial charge is 0.378 e. The van der Waals surface area contributed by atoms with Gasteiger partial charge in [-0.25, -0.2) is 4.68 Å².